The summed E-state index contributed by atoms with van der Waals surface area (Å²) in [5.74, 6) is -0.674. The monoisotopic (exact) mass is 290 g/mol. The molecule has 6 heteroatoms. The van der Waals surface area contributed by atoms with E-state index in [4.69, 9.17) is 22.4 Å². The zero-order valence-electron chi connectivity index (χ0n) is 7.58. The van der Waals surface area contributed by atoms with Gasteiger partial charge in [-0.05, 0) is 34.1 Å². The van der Waals surface area contributed by atoms with Gasteiger partial charge in [-0.2, -0.15) is 0 Å². The molecular weight excluding hydrogens is 283 g/mol. The molecule has 1 rings (SSSR count). The Hall–Kier alpha value is -1.07. The topological polar surface area (TPSA) is 75.7 Å². The molecule has 1 aromatic carbocycles. The van der Waals surface area contributed by atoms with Crippen molar-refractivity contribution in [2.24, 2.45) is 10.7 Å². The van der Waals surface area contributed by atoms with Crippen molar-refractivity contribution in [2.45, 2.75) is 0 Å². The number of rotatable bonds is 3. The number of benzene rings is 1. The summed E-state index contributed by atoms with van der Waals surface area (Å²) < 4.78 is 0.667. The summed E-state index contributed by atoms with van der Waals surface area (Å²) in [5.41, 5.74) is 6.05. The average Bonchev–Trinajstić information content (AvgIpc) is 2.20. The van der Waals surface area contributed by atoms with Crippen LogP contribution in [-0.4, -0.2) is 22.8 Å². The molecular formula is C9H8BrClN2O2. The number of halogens is 2. The van der Waals surface area contributed by atoms with Crippen LogP contribution in [0.15, 0.2) is 27.7 Å². The fraction of sp³-hybridized carbons (Fsp3) is 0.111. The van der Waals surface area contributed by atoms with Crippen molar-refractivity contribution >= 4 is 45.0 Å². The van der Waals surface area contributed by atoms with E-state index in [-0.39, 0.29) is 17.3 Å². The normalized spacial score (nSPS) is 11.5. The molecule has 0 spiro atoms. The van der Waals surface area contributed by atoms with Gasteiger partial charge >= 0.3 is 5.97 Å². The highest BCUT2D eigenvalue weighted by molar-refractivity contribution is 9.10. The first-order valence-corrected chi connectivity index (χ1v) is 5.29. The first kappa shape index (κ1) is 12.0. The lowest BCUT2D eigenvalue weighted by molar-refractivity contribution is 0.0697. The molecule has 0 radical (unpaired) electrons. The number of nitrogens with zero attached hydrogens (tertiary/aromatic N) is 1. The molecule has 0 heterocycles. The maximum atomic E-state index is 10.7. The van der Waals surface area contributed by atoms with E-state index >= 15 is 0 Å². The van der Waals surface area contributed by atoms with E-state index in [0.717, 1.165) is 0 Å². The third-order valence-corrected chi connectivity index (χ3v) is 2.54. The third kappa shape index (κ3) is 3.21. The van der Waals surface area contributed by atoms with Crippen LogP contribution >= 0.6 is 27.5 Å². The van der Waals surface area contributed by atoms with Gasteiger partial charge in [-0.15, -0.1) is 11.6 Å². The van der Waals surface area contributed by atoms with Gasteiger partial charge in [0.05, 0.1) is 17.1 Å². The summed E-state index contributed by atoms with van der Waals surface area (Å²) in [6, 6.07) is 4.50. The molecule has 15 heavy (non-hydrogen) atoms. The van der Waals surface area contributed by atoms with Crippen LogP contribution in [0.2, 0.25) is 0 Å². The second-order valence-electron chi connectivity index (χ2n) is 2.71. The fourth-order valence-electron chi connectivity index (χ4n) is 0.916. The van der Waals surface area contributed by atoms with Gasteiger partial charge in [0.1, 0.15) is 5.84 Å². The van der Waals surface area contributed by atoms with Crippen LogP contribution in [-0.2, 0) is 0 Å². The summed E-state index contributed by atoms with van der Waals surface area (Å²) >= 11 is 8.71. The van der Waals surface area contributed by atoms with Crippen LogP contribution in [0.25, 0.3) is 0 Å². The first-order chi connectivity index (χ1) is 7.04. The minimum absolute atomic E-state index is 0.101. The lowest BCUT2D eigenvalue weighted by Crippen LogP contribution is -2.12. The highest BCUT2D eigenvalue weighted by Crippen LogP contribution is 2.26. The molecule has 0 saturated carbocycles. The number of hydrogen-bond acceptors (Lipinski definition) is 2. The van der Waals surface area contributed by atoms with E-state index in [0.29, 0.717) is 10.2 Å². The minimum atomic E-state index is -1.01. The molecule has 0 amide bonds. The molecule has 0 aliphatic rings. The first-order valence-electron chi connectivity index (χ1n) is 3.96. The second-order valence-corrected chi connectivity index (χ2v) is 3.83. The Morgan fingerprint density at radius 1 is 1.60 bits per heavy atom. The van der Waals surface area contributed by atoms with Crippen LogP contribution in [0.1, 0.15) is 10.4 Å². The summed E-state index contributed by atoms with van der Waals surface area (Å²) in [4.78, 5) is 14.7. The van der Waals surface area contributed by atoms with Crippen molar-refractivity contribution in [1.29, 1.82) is 0 Å². The fourth-order valence-corrected chi connectivity index (χ4v) is 1.31. The molecule has 0 fully saturated rings. The molecule has 0 aliphatic carbocycles. The highest BCUT2D eigenvalue weighted by atomic mass is 79.9. The van der Waals surface area contributed by atoms with Crippen LogP contribution in [0.4, 0.5) is 5.69 Å². The molecule has 3 N–H and O–H groups in total. The molecule has 0 unspecified atom stereocenters. The number of hydrogen-bond donors (Lipinski definition) is 2. The Morgan fingerprint density at radius 2 is 2.27 bits per heavy atom. The molecule has 0 aliphatic heterocycles. The summed E-state index contributed by atoms with van der Waals surface area (Å²) in [6.45, 7) is 0. The van der Waals surface area contributed by atoms with Gasteiger partial charge in [-0.1, -0.05) is 0 Å². The average molecular weight is 292 g/mol. The standard InChI is InChI=1S/C9H8BrClN2O2/c10-6-2-1-5(9(14)15)3-7(6)13-8(12)4-11/h1-3H,4H2,(H2,12,13)(H,14,15). The molecule has 0 bridgehead atoms. The Balaban J connectivity index is 3.17. The summed E-state index contributed by atoms with van der Waals surface area (Å²) in [6.07, 6.45) is 0. The van der Waals surface area contributed by atoms with Gasteiger partial charge < -0.3 is 10.8 Å². The number of aromatic carboxylic acids is 1. The van der Waals surface area contributed by atoms with Crippen LogP contribution in [0.3, 0.4) is 0 Å². The van der Waals surface area contributed by atoms with Gasteiger partial charge in [0, 0.05) is 4.47 Å². The quantitative estimate of drug-likeness (QED) is 0.510. The lowest BCUT2D eigenvalue weighted by atomic mass is 10.2. The third-order valence-electron chi connectivity index (χ3n) is 1.59. The molecule has 0 aromatic heterocycles. The molecule has 0 saturated heterocycles. The number of carboxylic acids is 1. The lowest BCUT2D eigenvalue weighted by Gasteiger charge is -2.01. The van der Waals surface area contributed by atoms with Crippen LogP contribution < -0.4 is 5.73 Å². The smallest absolute Gasteiger partial charge is 0.335 e. The van der Waals surface area contributed by atoms with Crippen molar-refractivity contribution in [3.8, 4) is 0 Å². The van der Waals surface area contributed by atoms with Crippen molar-refractivity contribution in [3.05, 3.63) is 28.2 Å². The van der Waals surface area contributed by atoms with Crippen LogP contribution in [0, 0.1) is 0 Å². The second kappa shape index (κ2) is 5.14. The van der Waals surface area contributed by atoms with E-state index in [1.165, 1.54) is 12.1 Å². The Kier molecular flexibility index (Phi) is 4.11. The van der Waals surface area contributed by atoms with E-state index in [9.17, 15) is 4.79 Å². The molecule has 4 nitrogen and oxygen atoms in total. The van der Waals surface area contributed by atoms with E-state index in [1.54, 1.807) is 6.07 Å². The Labute approximate surface area is 99.9 Å². The van der Waals surface area contributed by atoms with Gasteiger partial charge in [0.25, 0.3) is 0 Å². The number of carboxylic acid groups (broad SMARTS) is 1. The zero-order valence-corrected chi connectivity index (χ0v) is 9.92. The Bertz CT molecular complexity index is 421. The van der Waals surface area contributed by atoms with E-state index in [1.807, 2.05) is 0 Å². The van der Waals surface area contributed by atoms with Gasteiger partial charge in [-0.25, -0.2) is 9.79 Å². The Morgan fingerprint density at radius 3 is 2.80 bits per heavy atom. The van der Waals surface area contributed by atoms with Crippen molar-refractivity contribution in [3.63, 3.8) is 0 Å². The highest BCUT2D eigenvalue weighted by Gasteiger charge is 2.06. The largest absolute Gasteiger partial charge is 0.478 e. The molecule has 80 valence electrons. The van der Waals surface area contributed by atoms with Gasteiger partial charge in [0.15, 0.2) is 0 Å². The SMILES string of the molecule is NC(CCl)=Nc1cc(C(=O)O)ccc1Br. The predicted octanol–water partition coefficient (Wildman–Crippen LogP) is 2.37. The molecule has 0 atom stereocenters. The van der Waals surface area contributed by atoms with Gasteiger partial charge in [0.2, 0.25) is 0 Å². The van der Waals surface area contributed by atoms with Gasteiger partial charge in [-0.3, -0.25) is 0 Å². The van der Waals surface area contributed by atoms with Crippen molar-refractivity contribution in [1.82, 2.24) is 0 Å². The maximum Gasteiger partial charge on any atom is 0.335 e. The maximum absolute atomic E-state index is 10.7. The minimum Gasteiger partial charge on any atom is -0.478 e. The zero-order chi connectivity index (χ0) is 11.4. The van der Waals surface area contributed by atoms with E-state index < -0.39 is 5.97 Å². The number of aliphatic imine (C=N–C) groups is 1. The molecule has 1 aromatic rings. The summed E-state index contributed by atoms with van der Waals surface area (Å²) in [5, 5.41) is 8.77. The number of carbonyl (C=O) groups is 1. The van der Waals surface area contributed by atoms with Crippen LogP contribution in [0.5, 0.6) is 0 Å². The number of nitrogens with two attached hydrogens (primary N) is 1. The predicted molar refractivity (Wildman–Crippen MR) is 63.1 cm³/mol. The number of amidine groups is 1. The number of alkyl halides is 1. The van der Waals surface area contributed by atoms with E-state index in [2.05, 4.69) is 20.9 Å². The summed E-state index contributed by atoms with van der Waals surface area (Å²) in [7, 11) is 0. The van der Waals surface area contributed by atoms with Crippen molar-refractivity contribution < 1.29 is 9.90 Å². The van der Waals surface area contributed by atoms with Crippen molar-refractivity contribution in [2.75, 3.05) is 5.88 Å².